The molecule has 0 aliphatic heterocycles. The summed E-state index contributed by atoms with van der Waals surface area (Å²) in [6.45, 7) is 6.43. The van der Waals surface area contributed by atoms with Gasteiger partial charge in [-0.2, -0.15) is 10.2 Å². The molecule has 1 unspecified atom stereocenters. The van der Waals surface area contributed by atoms with Crippen LogP contribution in [0.3, 0.4) is 0 Å². The molecule has 0 radical (unpaired) electrons. The number of carbonyl (C=O) groups is 1. The largest absolute Gasteiger partial charge is 0.490 e. The number of aryl methyl sites for hydroxylation is 1. The Morgan fingerprint density at radius 3 is 2.33 bits per heavy atom. The highest BCUT2D eigenvalue weighted by Crippen LogP contribution is 2.38. The van der Waals surface area contributed by atoms with Gasteiger partial charge in [-0.25, -0.2) is 5.43 Å². The number of hydrazone groups is 1. The summed E-state index contributed by atoms with van der Waals surface area (Å²) >= 11 is 0. The van der Waals surface area contributed by atoms with Gasteiger partial charge in [0.2, 0.25) is 5.75 Å². The number of nitrogens with one attached hydrogen (secondary N) is 1. The number of aromatic nitrogens is 2. The Kier molecular flexibility index (Phi) is 8.49. The summed E-state index contributed by atoms with van der Waals surface area (Å²) in [4.78, 5) is 44.1. The van der Waals surface area contributed by atoms with Crippen molar-refractivity contribution in [1.82, 2.24) is 15.2 Å². The second kappa shape index (κ2) is 11.8. The quantitative estimate of drug-likeness (QED) is 0.208. The average Bonchev–Trinajstić information content (AvgIpc) is 3.18. The fourth-order valence-corrected chi connectivity index (χ4v) is 3.59. The first-order valence-corrected chi connectivity index (χ1v) is 11.3. The predicted molar refractivity (Wildman–Crippen MR) is 136 cm³/mol. The Bertz CT molecular complexity index is 1480. The summed E-state index contributed by atoms with van der Waals surface area (Å²) in [6.07, 6.45) is 1.31. The molecule has 16 nitrogen and oxygen atoms in total. The smallest absolute Gasteiger partial charge is 0.318 e. The van der Waals surface area contributed by atoms with E-state index in [0.29, 0.717) is 5.56 Å². The molecule has 0 aliphatic rings. The maximum absolute atomic E-state index is 12.6. The van der Waals surface area contributed by atoms with E-state index in [1.165, 1.54) is 43.8 Å². The minimum absolute atomic E-state index is 0.106. The lowest BCUT2D eigenvalue weighted by molar-refractivity contribution is -0.394. The van der Waals surface area contributed by atoms with Crippen LogP contribution in [0.5, 0.6) is 17.2 Å². The fraction of sp³-hybridized carbons (Fsp3) is 0.261. The van der Waals surface area contributed by atoms with Crippen molar-refractivity contribution >= 4 is 29.2 Å². The number of hydrogen-bond acceptors (Lipinski definition) is 11. The van der Waals surface area contributed by atoms with Gasteiger partial charge < -0.3 is 9.47 Å². The number of nitro groups is 3. The molecule has 1 heterocycles. The topological polar surface area (TPSA) is 207 Å². The molecule has 0 saturated heterocycles. The monoisotopic (exact) mass is 541 g/mol. The highest BCUT2D eigenvalue weighted by molar-refractivity contribution is 5.84. The fourth-order valence-electron chi connectivity index (χ4n) is 3.59. The molecule has 39 heavy (non-hydrogen) atoms. The Labute approximate surface area is 220 Å². The average molecular weight is 541 g/mol. The zero-order valence-corrected chi connectivity index (χ0v) is 21.2. The Hall–Kier alpha value is -5.41. The number of nitrogens with zero attached hydrogens (tertiary/aromatic N) is 6. The van der Waals surface area contributed by atoms with Crippen LogP contribution in [0.1, 0.15) is 36.8 Å². The van der Waals surface area contributed by atoms with Crippen molar-refractivity contribution in [3.8, 4) is 17.2 Å². The molecule has 0 bridgehead atoms. The third kappa shape index (κ3) is 6.30. The minimum Gasteiger partial charge on any atom is -0.490 e. The third-order valence-corrected chi connectivity index (χ3v) is 5.44. The van der Waals surface area contributed by atoms with E-state index in [9.17, 15) is 35.1 Å². The number of ether oxygens (including phenoxy) is 2. The minimum atomic E-state index is -0.887. The maximum atomic E-state index is 12.6. The lowest BCUT2D eigenvalue weighted by atomic mass is 10.2. The molecule has 1 atom stereocenters. The number of carbonyl (C=O) groups excluding carboxylic acids is 1. The molecule has 0 aliphatic carbocycles. The Morgan fingerprint density at radius 2 is 1.74 bits per heavy atom. The molecule has 16 heteroatoms. The Balaban J connectivity index is 1.78. The van der Waals surface area contributed by atoms with Crippen molar-refractivity contribution < 1.29 is 29.0 Å². The van der Waals surface area contributed by atoms with E-state index in [4.69, 9.17) is 9.47 Å². The summed E-state index contributed by atoms with van der Waals surface area (Å²) in [6, 6.07) is 6.62. The van der Waals surface area contributed by atoms with Crippen molar-refractivity contribution in [3.63, 3.8) is 0 Å². The van der Waals surface area contributed by atoms with E-state index in [1.54, 1.807) is 13.0 Å². The second-order valence-corrected chi connectivity index (χ2v) is 8.04. The van der Waals surface area contributed by atoms with Gasteiger partial charge in [0, 0.05) is 6.07 Å². The van der Waals surface area contributed by atoms with Crippen LogP contribution in [0.25, 0.3) is 0 Å². The molecule has 204 valence electrons. The van der Waals surface area contributed by atoms with Crippen molar-refractivity contribution in [2.45, 2.75) is 33.7 Å². The molecule has 3 rings (SSSR count). The van der Waals surface area contributed by atoms with Crippen LogP contribution in [0.4, 0.5) is 17.1 Å². The van der Waals surface area contributed by atoms with Gasteiger partial charge in [0.1, 0.15) is 17.4 Å². The van der Waals surface area contributed by atoms with E-state index in [-0.39, 0.29) is 40.9 Å². The molecule has 1 amide bonds. The maximum Gasteiger partial charge on any atom is 0.318 e. The molecule has 3 aromatic rings. The lowest BCUT2D eigenvalue weighted by Gasteiger charge is -2.13. The third-order valence-electron chi connectivity index (χ3n) is 5.44. The normalized spacial score (nSPS) is 11.7. The van der Waals surface area contributed by atoms with Crippen LogP contribution < -0.4 is 14.9 Å². The van der Waals surface area contributed by atoms with E-state index < -0.39 is 38.1 Å². The van der Waals surface area contributed by atoms with E-state index >= 15 is 0 Å². The SMILES string of the molecule is CCOc1cc(/C=N/NC(=O)C(C)n2nc(C)c([N+](=O)[O-])c2C)ccc1Oc1ccc([N+](=O)[O-])cc1[N+](=O)[O-]. The number of benzene rings is 2. The summed E-state index contributed by atoms with van der Waals surface area (Å²) in [7, 11) is 0. The van der Waals surface area contributed by atoms with Crippen LogP contribution in [-0.4, -0.2) is 43.3 Å². The van der Waals surface area contributed by atoms with Crippen molar-refractivity contribution in [1.29, 1.82) is 0 Å². The molecule has 0 fully saturated rings. The number of amides is 1. The standard InChI is InChI=1S/C23H23N7O9/c1-5-38-21-10-16(6-8-20(21)39-19-9-7-17(28(32)33)11-18(19)29(34)35)12-24-25-23(31)15(4)27-14(3)22(30(36)37)13(2)26-27/h6-12,15H,5H2,1-4H3,(H,25,31)/b24-12+. The Morgan fingerprint density at radius 1 is 1.05 bits per heavy atom. The summed E-state index contributed by atoms with van der Waals surface area (Å²) in [5, 5.41) is 41.6. The molecule has 0 spiro atoms. The van der Waals surface area contributed by atoms with Crippen LogP contribution in [0.15, 0.2) is 41.5 Å². The first-order valence-electron chi connectivity index (χ1n) is 11.3. The molecule has 1 N–H and O–H groups in total. The van der Waals surface area contributed by atoms with Crippen LogP contribution in [-0.2, 0) is 4.79 Å². The highest BCUT2D eigenvalue weighted by Gasteiger charge is 2.27. The number of hydrogen-bond donors (Lipinski definition) is 1. The van der Waals surface area contributed by atoms with Crippen LogP contribution in [0.2, 0.25) is 0 Å². The van der Waals surface area contributed by atoms with E-state index in [2.05, 4.69) is 15.6 Å². The van der Waals surface area contributed by atoms with Crippen LogP contribution >= 0.6 is 0 Å². The molecular weight excluding hydrogens is 518 g/mol. The first-order chi connectivity index (χ1) is 18.4. The number of nitro benzene ring substituents is 2. The number of rotatable bonds is 11. The number of non-ortho nitro benzene ring substituents is 1. The zero-order valence-electron chi connectivity index (χ0n) is 21.2. The van der Waals surface area contributed by atoms with Gasteiger partial charge in [0.05, 0.1) is 33.7 Å². The van der Waals surface area contributed by atoms with E-state index in [0.717, 1.165) is 18.2 Å². The highest BCUT2D eigenvalue weighted by atomic mass is 16.6. The summed E-state index contributed by atoms with van der Waals surface area (Å²) < 4.78 is 12.5. The van der Waals surface area contributed by atoms with Gasteiger partial charge in [0.25, 0.3) is 11.6 Å². The van der Waals surface area contributed by atoms with Crippen molar-refractivity contribution in [2.75, 3.05) is 6.61 Å². The van der Waals surface area contributed by atoms with Crippen molar-refractivity contribution in [2.24, 2.45) is 5.10 Å². The lowest BCUT2D eigenvalue weighted by Crippen LogP contribution is -2.28. The van der Waals surface area contributed by atoms with Gasteiger partial charge in [0.15, 0.2) is 11.5 Å². The first kappa shape index (κ1) is 28.2. The van der Waals surface area contributed by atoms with Crippen molar-refractivity contribution in [3.05, 3.63) is 83.7 Å². The van der Waals surface area contributed by atoms with Gasteiger partial charge in [-0.15, -0.1) is 0 Å². The van der Waals surface area contributed by atoms with Gasteiger partial charge in [-0.05, 0) is 57.5 Å². The summed E-state index contributed by atoms with van der Waals surface area (Å²) in [5.41, 5.74) is 2.02. The van der Waals surface area contributed by atoms with Crippen LogP contribution in [0, 0.1) is 44.2 Å². The molecule has 0 saturated carbocycles. The van der Waals surface area contributed by atoms with Gasteiger partial charge >= 0.3 is 11.4 Å². The summed E-state index contributed by atoms with van der Waals surface area (Å²) in [5.74, 6) is -0.487. The second-order valence-electron chi connectivity index (χ2n) is 8.04. The molecule has 2 aromatic carbocycles. The zero-order chi connectivity index (χ0) is 28.9. The molecule has 1 aromatic heterocycles. The van der Waals surface area contributed by atoms with Gasteiger partial charge in [-0.3, -0.25) is 39.8 Å². The predicted octanol–water partition coefficient (Wildman–Crippen LogP) is 4.13. The molecular formula is C23H23N7O9. The van der Waals surface area contributed by atoms with Gasteiger partial charge in [-0.1, -0.05) is 0 Å². The van der Waals surface area contributed by atoms with E-state index in [1.807, 2.05) is 0 Å².